The Balaban J connectivity index is 0. The van der Waals surface area contributed by atoms with Gasteiger partial charge in [0.1, 0.15) is 0 Å². The van der Waals surface area contributed by atoms with Gasteiger partial charge in [0.15, 0.2) is 0 Å². The summed E-state index contributed by atoms with van der Waals surface area (Å²) in [5, 5.41) is 45.2. The van der Waals surface area contributed by atoms with Crippen molar-refractivity contribution in [3.05, 3.63) is 16.9 Å². The number of carboxylic acid groups (broad SMARTS) is 3. The van der Waals surface area contributed by atoms with Crippen LogP contribution < -0.4 is 5.39 Å². The van der Waals surface area contributed by atoms with Crippen LogP contribution >= 0.6 is 0 Å². The predicted octanol–water partition coefficient (Wildman–Crippen LogP) is -2.30. The van der Waals surface area contributed by atoms with Gasteiger partial charge in [0.25, 0.3) is 0 Å². The zero-order valence-corrected chi connectivity index (χ0v) is 7.65. The minimum atomic E-state index is -1.83. The summed E-state index contributed by atoms with van der Waals surface area (Å²) in [5.74, 6) is -4.40. The molecule has 0 rings (SSSR count). The Bertz CT molecular complexity index is 292. The van der Waals surface area contributed by atoms with Crippen molar-refractivity contribution in [2.24, 2.45) is 0 Å². The van der Waals surface area contributed by atoms with Crippen molar-refractivity contribution in [1.82, 2.24) is 0 Å². The van der Waals surface area contributed by atoms with Crippen LogP contribution in [0.15, 0.2) is 11.6 Å². The Morgan fingerprint density at radius 3 is 1.69 bits per heavy atom. The first kappa shape index (κ1) is 16.4. The van der Waals surface area contributed by atoms with Crippen LogP contribution in [0.25, 0.3) is 0 Å². The molecule has 0 bridgehead atoms. The Kier molecular flexibility index (Phi) is 8.53. The van der Waals surface area contributed by atoms with E-state index < -0.39 is 35.3 Å². The van der Waals surface area contributed by atoms with Crippen LogP contribution in [-0.2, 0) is 14.4 Å². The third kappa shape index (κ3) is 14.5. The number of hydrogen-bond donors (Lipinski definition) is 6. The fourth-order valence-corrected chi connectivity index (χ4v) is 0.500. The summed E-state index contributed by atoms with van der Waals surface area (Å²) in [6.07, 6.45) is -0.446. The lowest BCUT2D eigenvalue weighted by molar-refractivity contribution is -1.20. The molecule has 0 aromatic heterocycles. The molecule has 0 aromatic rings. The van der Waals surface area contributed by atoms with E-state index in [1.807, 2.05) is 0 Å². The van der Waals surface area contributed by atoms with Crippen LogP contribution in [0, 0.1) is 5.21 Å². The molecular weight excluding hydrogens is 230 g/mol. The van der Waals surface area contributed by atoms with Crippen molar-refractivity contribution in [3.63, 3.8) is 0 Å². The van der Waals surface area contributed by atoms with Gasteiger partial charge in [-0.05, 0) is 0 Å². The standard InChI is InChI=1S/C6H6O6.H3NO3/c7-4(8)1-3(6(11)12)2-5(9)10;2-1(3)4/h1H,2H2,(H,7,8)(H,9,10)(H,11,12);1-3H. The van der Waals surface area contributed by atoms with Crippen LogP contribution in [0.3, 0.4) is 0 Å². The molecule has 0 aromatic carbocycles. The van der Waals surface area contributed by atoms with Crippen LogP contribution in [0.1, 0.15) is 6.42 Å². The predicted molar refractivity (Wildman–Crippen MR) is 43.5 cm³/mol. The molecular formula is C6H9NO9. The van der Waals surface area contributed by atoms with Crippen molar-refractivity contribution in [2.75, 3.05) is 0 Å². The third-order valence-electron chi connectivity index (χ3n) is 0.914. The second-order valence-corrected chi connectivity index (χ2v) is 2.17. The first-order chi connectivity index (χ1) is 7.16. The highest BCUT2D eigenvalue weighted by Crippen LogP contribution is 2.00. The Morgan fingerprint density at radius 1 is 1.12 bits per heavy atom. The summed E-state index contributed by atoms with van der Waals surface area (Å²) in [7, 11) is 0. The second-order valence-electron chi connectivity index (χ2n) is 2.17. The maximum absolute atomic E-state index is 10.2. The highest BCUT2D eigenvalue weighted by molar-refractivity contribution is 5.98. The summed E-state index contributed by atoms with van der Waals surface area (Å²) in [5.41, 5.74) is -0.657. The van der Waals surface area contributed by atoms with Gasteiger partial charge in [-0.3, -0.25) is 4.79 Å². The largest absolute Gasteiger partial charge is 0.566 e. The molecule has 0 amide bonds. The van der Waals surface area contributed by atoms with Crippen molar-refractivity contribution in [1.29, 1.82) is 0 Å². The molecule has 92 valence electrons. The Hall–Kier alpha value is -2.01. The molecule has 10 heteroatoms. The molecule has 16 heavy (non-hydrogen) atoms. The Morgan fingerprint density at radius 2 is 1.50 bits per heavy atom. The number of aliphatic carboxylic acids is 3. The monoisotopic (exact) mass is 239 g/mol. The lowest BCUT2D eigenvalue weighted by Crippen LogP contribution is -3.01. The average molecular weight is 239 g/mol. The topological polar surface area (TPSA) is 180 Å². The van der Waals surface area contributed by atoms with E-state index in [1.54, 1.807) is 0 Å². The maximum Gasteiger partial charge on any atom is 0.332 e. The molecule has 0 heterocycles. The normalized spacial score (nSPS) is 10.4. The summed E-state index contributed by atoms with van der Waals surface area (Å²) >= 11 is 0. The van der Waals surface area contributed by atoms with E-state index in [2.05, 4.69) is 0 Å². The third-order valence-corrected chi connectivity index (χ3v) is 0.914. The van der Waals surface area contributed by atoms with Crippen molar-refractivity contribution >= 4 is 17.9 Å². The van der Waals surface area contributed by atoms with Gasteiger partial charge in [0, 0.05) is 6.08 Å². The number of hydrogen-bond acceptors (Lipinski definition) is 6. The van der Waals surface area contributed by atoms with E-state index in [9.17, 15) is 14.4 Å². The van der Waals surface area contributed by atoms with E-state index in [0.717, 1.165) is 0 Å². The molecule has 0 fully saturated rings. The molecule has 0 aliphatic heterocycles. The fourth-order valence-electron chi connectivity index (χ4n) is 0.500. The van der Waals surface area contributed by atoms with Crippen LogP contribution in [0.5, 0.6) is 0 Å². The number of quaternary nitrogens is 1. The van der Waals surface area contributed by atoms with Gasteiger partial charge in [-0.25, -0.2) is 9.59 Å². The molecule has 0 saturated heterocycles. The smallest absolute Gasteiger partial charge is 0.332 e. The Labute approximate surface area is 87.8 Å². The first-order valence-corrected chi connectivity index (χ1v) is 3.47. The van der Waals surface area contributed by atoms with Crippen LogP contribution in [0.4, 0.5) is 0 Å². The van der Waals surface area contributed by atoms with Gasteiger partial charge < -0.3 is 20.5 Å². The molecule has 0 aliphatic rings. The highest BCUT2D eigenvalue weighted by atomic mass is 17.0. The molecule has 0 aliphatic carbocycles. The van der Waals surface area contributed by atoms with Crippen molar-refractivity contribution in [2.45, 2.75) is 6.42 Å². The van der Waals surface area contributed by atoms with Gasteiger partial charge in [-0.2, -0.15) is 10.4 Å². The molecule has 0 radical (unpaired) electrons. The fraction of sp³-hybridized carbons (Fsp3) is 0.167. The second kappa shape index (κ2) is 8.31. The van der Waals surface area contributed by atoms with Crippen molar-refractivity contribution < 1.29 is 45.5 Å². The minimum Gasteiger partial charge on any atom is -0.566 e. The summed E-state index contributed by atoms with van der Waals surface area (Å²) in [4.78, 5) is 30.1. The lowest BCUT2D eigenvalue weighted by Gasteiger charge is -1.94. The zero-order chi connectivity index (χ0) is 13.3. The van der Waals surface area contributed by atoms with Gasteiger partial charge in [-0.1, -0.05) is 5.39 Å². The van der Waals surface area contributed by atoms with Gasteiger partial charge >= 0.3 is 17.9 Å². The van der Waals surface area contributed by atoms with Gasteiger partial charge in [0.05, 0.1) is 12.0 Å². The SMILES string of the molecule is O=C(O)C=C(CC(=O)O)C(=O)O.[O-][NH+](O)O. The molecule has 6 N–H and O–H groups in total. The number of carboxylic acids is 3. The van der Waals surface area contributed by atoms with Gasteiger partial charge in [0.2, 0.25) is 0 Å². The maximum atomic E-state index is 10.2. The zero-order valence-electron chi connectivity index (χ0n) is 7.65. The number of nitrogens with one attached hydrogen (secondary N) is 1. The number of rotatable bonds is 4. The van der Waals surface area contributed by atoms with Crippen molar-refractivity contribution in [3.8, 4) is 0 Å². The average Bonchev–Trinajstić information content (AvgIpc) is 1.99. The molecule has 0 saturated carbocycles. The molecule has 10 nitrogen and oxygen atoms in total. The van der Waals surface area contributed by atoms with Gasteiger partial charge in [-0.15, -0.1) is 0 Å². The summed E-state index contributed by atoms with van der Waals surface area (Å²) < 4.78 is 0. The van der Waals surface area contributed by atoms with Crippen LogP contribution in [0.2, 0.25) is 0 Å². The van der Waals surface area contributed by atoms with E-state index in [4.69, 9.17) is 30.9 Å². The van der Waals surface area contributed by atoms with E-state index >= 15 is 0 Å². The first-order valence-electron chi connectivity index (χ1n) is 3.47. The lowest BCUT2D eigenvalue weighted by atomic mass is 10.2. The molecule has 0 atom stereocenters. The quantitative estimate of drug-likeness (QED) is 0.232. The highest BCUT2D eigenvalue weighted by Gasteiger charge is 2.12. The van der Waals surface area contributed by atoms with E-state index in [1.165, 1.54) is 0 Å². The number of carbonyl (C=O) groups is 3. The molecule has 0 unspecified atom stereocenters. The van der Waals surface area contributed by atoms with Crippen LogP contribution in [-0.4, -0.2) is 43.6 Å². The minimum absolute atomic E-state index is 0.358. The summed E-state index contributed by atoms with van der Waals surface area (Å²) in [6.45, 7) is 0. The van der Waals surface area contributed by atoms with E-state index in [-0.39, 0.29) is 0 Å². The molecule has 0 spiro atoms. The van der Waals surface area contributed by atoms with E-state index in [0.29, 0.717) is 6.08 Å². The summed E-state index contributed by atoms with van der Waals surface area (Å²) in [6, 6.07) is 0.